The summed E-state index contributed by atoms with van der Waals surface area (Å²) in [6.45, 7) is 0.910. The Morgan fingerprint density at radius 1 is 1.19 bits per heavy atom. The molecule has 84 valence electrons. The summed E-state index contributed by atoms with van der Waals surface area (Å²) in [6, 6.07) is 8.93. The van der Waals surface area contributed by atoms with Crippen molar-refractivity contribution in [2.75, 3.05) is 6.54 Å². The normalized spacial score (nSPS) is 25.2. The van der Waals surface area contributed by atoms with Crippen molar-refractivity contribution in [3.63, 3.8) is 0 Å². The van der Waals surface area contributed by atoms with Crippen LogP contribution in [0.2, 0.25) is 0 Å². The van der Waals surface area contributed by atoms with Gasteiger partial charge < -0.3 is 4.90 Å². The molecule has 1 fully saturated rings. The van der Waals surface area contributed by atoms with Gasteiger partial charge in [-0.3, -0.25) is 4.79 Å². The summed E-state index contributed by atoms with van der Waals surface area (Å²) in [6.07, 6.45) is 3.01. The number of likely N-dealkylation sites (tertiary alicyclic amines) is 1. The lowest BCUT2D eigenvalue weighted by Gasteiger charge is -2.23. The molecule has 3 heteroatoms. The number of alkyl halides is 1. The third-order valence-corrected chi connectivity index (χ3v) is 4.49. The summed E-state index contributed by atoms with van der Waals surface area (Å²) >= 11 is 3.44. The zero-order chi connectivity index (χ0) is 11.1. The standard InChI is InChI=1S/C13H14BrNO/c14-12-5-6-15(13(12)16)11-7-9-3-1-2-4-10(9)8-11/h1-4,11-12H,5-8H2. The smallest absolute Gasteiger partial charge is 0.236 e. The van der Waals surface area contributed by atoms with E-state index < -0.39 is 0 Å². The van der Waals surface area contributed by atoms with E-state index >= 15 is 0 Å². The van der Waals surface area contributed by atoms with Crippen LogP contribution in [0.25, 0.3) is 0 Å². The predicted molar refractivity (Wildman–Crippen MR) is 66.7 cm³/mol. The third kappa shape index (κ3) is 1.58. The van der Waals surface area contributed by atoms with Gasteiger partial charge in [-0.25, -0.2) is 0 Å². The Kier molecular flexibility index (Phi) is 2.51. The van der Waals surface area contributed by atoms with E-state index in [-0.39, 0.29) is 10.7 Å². The number of carbonyl (C=O) groups is 1. The molecule has 2 aliphatic rings. The maximum Gasteiger partial charge on any atom is 0.236 e. The molecule has 1 amide bonds. The van der Waals surface area contributed by atoms with Gasteiger partial charge in [0, 0.05) is 12.6 Å². The van der Waals surface area contributed by atoms with Crippen molar-refractivity contribution in [3.8, 4) is 0 Å². The van der Waals surface area contributed by atoms with Crippen molar-refractivity contribution in [1.29, 1.82) is 0 Å². The first-order valence-corrected chi connectivity index (χ1v) is 6.68. The first kappa shape index (κ1) is 10.3. The Bertz CT molecular complexity index is 407. The van der Waals surface area contributed by atoms with E-state index in [4.69, 9.17) is 0 Å². The zero-order valence-corrected chi connectivity index (χ0v) is 10.6. The highest BCUT2D eigenvalue weighted by Crippen LogP contribution is 2.29. The monoisotopic (exact) mass is 279 g/mol. The Morgan fingerprint density at radius 3 is 2.31 bits per heavy atom. The molecule has 1 saturated heterocycles. The zero-order valence-electron chi connectivity index (χ0n) is 9.03. The minimum atomic E-state index is 0.0520. The van der Waals surface area contributed by atoms with Crippen LogP contribution in [-0.2, 0) is 17.6 Å². The molecule has 3 rings (SSSR count). The summed E-state index contributed by atoms with van der Waals surface area (Å²) in [5, 5.41) is 0. The highest BCUT2D eigenvalue weighted by atomic mass is 79.9. The molecule has 1 atom stereocenters. The fourth-order valence-electron chi connectivity index (χ4n) is 2.78. The molecule has 0 bridgehead atoms. The number of benzene rings is 1. The van der Waals surface area contributed by atoms with Gasteiger partial charge in [0.2, 0.25) is 5.91 Å². The molecule has 0 N–H and O–H groups in total. The fourth-order valence-corrected chi connectivity index (χ4v) is 3.25. The lowest BCUT2D eigenvalue weighted by atomic mass is 10.1. The Balaban J connectivity index is 1.79. The van der Waals surface area contributed by atoms with Crippen LogP contribution in [0, 0.1) is 0 Å². The molecule has 0 spiro atoms. The second-order valence-electron chi connectivity index (χ2n) is 4.62. The molecule has 1 heterocycles. The van der Waals surface area contributed by atoms with E-state index in [2.05, 4.69) is 45.1 Å². The molecule has 0 aromatic heterocycles. The average molecular weight is 280 g/mol. The molecule has 1 aliphatic heterocycles. The van der Waals surface area contributed by atoms with Crippen molar-refractivity contribution in [2.45, 2.75) is 30.1 Å². The Morgan fingerprint density at radius 2 is 1.81 bits per heavy atom. The second-order valence-corrected chi connectivity index (χ2v) is 5.72. The molecule has 1 unspecified atom stereocenters. The molecule has 0 saturated carbocycles. The minimum Gasteiger partial charge on any atom is -0.338 e. The molecule has 1 aliphatic carbocycles. The first-order chi connectivity index (χ1) is 7.75. The Hall–Kier alpha value is -0.830. The van der Waals surface area contributed by atoms with Crippen molar-refractivity contribution in [2.24, 2.45) is 0 Å². The van der Waals surface area contributed by atoms with Crippen LogP contribution in [-0.4, -0.2) is 28.2 Å². The van der Waals surface area contributed by atoms with Gasteiger partial charge in [-0.1, -0.05) is 40.2 Å². The van der Waals surface area contributed by atoms with Crippen molar-refractivity contribution >= 4 is 21.8 Å². The molecule has 0 radical (unpaired) electrons. The topological polar surface area (TPSA) is 20.3 Å². The van der Waals surface area contributed by atoms with E-state index in [0.717, 1.165) is 25.8 Å². The number of hydrogen-bond acceptors (Lipinski definition) is 1. The van der Waals surface area contributed by atoms with Gasteiger partial charge in [0.1, 0.15) is 0 Å². The maximum absolute atomic E-state index is 11.9. The number of rotatable bonds is 1. The van der Waals surface area contributed by atoms with Gasteiger partial charge in [0.15, 0.2) is 0 Å². The van der Waals surface area contributed by atoms with Gasteiger partial charge in [0.05, 0.1) is 4.83 Å². The summed E-state index contributed by atoms with van der Waals surface area (Å²) in [7, 11) is 0. The first-order valence-electron chi connectivity index (χ1n) is 5.77. The lowest BCUT2D eigenvalue weighted by molar-refractivity contribution is -0.128. The number of hydrogen-bond donors (Lipinski definition) is 0. The molecule has 1 aromatic rings. The quantitative estimate of drug-likeness (QED) is 0.722. The van der Waals surface area contributed by atoms with Crippen molar-refractivity contribution in [3.05, 3.63) is 35.4 Å². The van der Waals surface area contributed by atoms with Crippen molar-refractivity contribution < 1.29 is 4.79 Å². The minimum absolute atomic E-state index is 0.0520. The average Bonchev–Trinajstić information content (AvgIpc) is 2.84. The SMILES string of the molecule is O=C1C(Br)CCN1C1Cc2ccccc2C1. The molecule has 2 nitrogen and oxygen atoms in total. The van der Waals surface area contributed by atoms with Crippen LogP contribution in [0.4, 0.5) is 0 Å². The summed E-state index contributed by atoms with van der Waals surface area (Å²) in [5.41, 5.74) is 2.83. The number of halogens is 1. The van der Waals surface area contributed by atoms with Gasteiger partial charge in [-0.05, 0) is 30.4 Å². The second kappa shape index (κ2) is 3.88. The fraction of sp³-hybridized carbons (Fsp3) is 0.462. The van der Waals surface area contributed by atoms with Gasteiger partial charge in [0.25, 0.3) is 0 Å². The molecular weight excluding hydrogens is 266 g/mol. The molecule has 1 aromatic carbocycles. The van der Waals surface area contributed by atoms with Crippen LogP contribution in [0.1, 0.15) is 17.5 Å². The van der Waals surface area contributed by atoms with E-state index in [1.807, 2.05) is 0 Å². The van der Waals surface area contributed by atoms with E-state index in [9.17, 15) is 4.79 Å². The van der Waals surface area contributed by atoms with E-state index in [1.54, 1.807) is 0 Å². The third-order valence-electron chi connectivity index (χ3n) is 3.64. The van der Waals surface area contributed by atoms with Crippen LogP contribution in [0.3, 0.4) is 0 Å². The molecule has 16 heavy (non-hydrogen) atoms. The van der Waals surface area contributed by atoms with Gasteiger partial charge in [-0.2, -0.15) is 0 Å². The molecular formula is C13H14BrNO. The van der Waals surface area contributed by atoms with E-state index in [0.29, 0.717) is 6.04 Å². The maximum atomic E-state index is 11.9. The number of carbonyl (C=O) groups excluding carboxylic acids is 1. The van der Waals surface area contributed by atoms with Crippen LogP contribution in [0.5, 0.6) is 0 Å². The summed E-state index contributed by atoms with van der Waals surface area (Å²) in [4.78, 5) is 14.0. The summed E-state index contributed by atoms with van der Waals surface area (Å²) in [5.74, 6) is 0.276. The lowest BCUT2D eigenvalue weighted by Crippen LogP contribution is -2.38. The van der Waals surface area contributed by atoms with Gasteiger partial charge >= 0.3 is 0 Å². The largest absolute Gasteiger partial charge is 0.338 e. The Labute approximate surface area is 104 Å². The number of nitrogens with zero attached hydrogens (tertiary/aromatic N) is 1. The van der Waals surface area contributed by atoms with E-state index in [1.165, 1.54) is 11.1 Å². The summed E-state index contributed by atoms with van der Waals surface area (Å²) < 4.78 is 0. The number of amides is 1. The van der Waals surface area contributed by atoms with Gasteiger partial charge in [-0.15, -0.1) is 0 Å². The van der Waals surface area contributed by atoms with Crippen molar-refractivity contribution in [1.82, 2.24) is 4.90 Å². The number of fused-ring (bicyclic) bond motifs is 1. The highest BCUT2D eigenvalue weighted by Gasteiger charge is 2.36. The van der Waals surface area contributed by atoms with Crippen LogP contribution in [0.15, 0.2) is 24.3 Å². The van der Waals surface area contributed by atoms with Crippen LogP contribution >= 0.6 is 15.9 Å². The predicted octanol–water partition coefficient (Wildman–Crippen LogP) is 2.15. The van der Waals surface area contributed by atoms with Crippen LogP contribution < -0.4 is 0 Å². The highest BCUT2D eigenvalue weighted by molar-refractivity contribution is 9.10.